The zero-order valence-electron chi connectivity index (χ0n) is 11.8. The van der Waals surface area contributed by atoms with Crippen molar-refractivity contribution in [3.63, 3.8) is 0 Å². The lowest BCUT2D eigenvalue weighted by molar-refractivity contribution is 0.236. The molecule has 110 valence electrons. The summed E-state index contributed by atoms with van der Waals surface area (Å²) in [6.07, 6.45) is 7.22. The molecule has 0 atom stereocenters. The van der Waals surface area contributed by atoms with Gasteiger partial charge < -0.3 is 10.6 Å². The van der Waals surface area contributed by atoms with Crippen molar-refractivity contribution in [2.24, 2.45) is 5.92 Å². The van der Waals surface area contributed by atoms with E-state index < -0.39 is 0 Å². The molecule has 1 aromatic carbocycles. The van der Waals surface area contributed by atoms with Crippen LogP contribution >= 0.6 is 11.6 Å². The predicted octanol–water partition coefficient (Wildman–Crippen LogP) is 3.76. The smallest absolute Gasteiger partial charge is 0.314 e. The van der Waals surface area contributed by atoms with E-state index in [1.165, 1.54) is 32.1 Å². The van der Waals surface area contributed by atoms with Gasteiger partial charge in [0.05, 0.1) is 0 Å². The lowest BCUT2D eigenvalue weighted by Crippen LogP contribution is -2.39. The van der Waals surface area contributed by atoms with E-state index in [9.17, 15) is 4.79 Å². The van der Waals surface area contributed by atoms with Crippen LogP contribution in [0.5, 0.6) is 0 Å². The summed E-state index contributed by atoms with van der Waals surface area (Å²) in [5, 5.41) is 6.62. The van der Waals surface area contributed by atoms with E-state index in [0.717, 1.165) is 23.6 Å². The van der Waals surface area contributed by atoms with Gasteiger partial charge in [-0.25, -0.2) is 4.79 Å². The molecular formula is C16H23ClN2O. The van der Waals surface area contributed by atoms with Gasteiger partial charge in [-0.05, 0) is 36.8 Å². The van der Waals surface area contributed by atoms with Crippen LogP contribution in [0, 0.1) is 5.92 Å². The number of rotatable bonds is 5. The zero-order valence-corrected chi connectivity index (χ0v) is 12.6. The fraction of sp³-hybridized carbons (Fsp3) is 0.562. The normalized spacial score (nSPS) is 15.8. The first-order valence-electron chi connectivity index (χ1n) is 7.51. The molecule has 0 aliphatic heterocycles. The van der Waals surface area contributed by atoms with Crippen molar-refractivity contribution in [1.29, 1.82) is 0 Å². The Kier molecular flexibility index (Phi) is 6.19. The molecule has 0 heterocycles. The van der Waals surface area contributed by atoms with Gasteiger partial charge in [0.2, 0.25) is 0 Å². The molecule has 2 rings (SSSR count). The first-order chi connectivity index (χ1) is 9.75. The summed E-state index contributed by atoms with van der Waals surface area (Å²) in [6.45, 7) is 1.41. The number of hydrogen-bond donors (Lipinski definition) is 2. The van der Waals surface area contributed by atoms with Gasteiger partial charge in [0, 0.05) is 18.1 Å². The van der Waals surface area contributed by atoms with Crippen LogP contribution in [0.3, 0.4) is 0 Å². The van der Waals surface area contributed by atoms with Gasteiger partial charge in [-0.2, -0.15) is 0 Å². The molecule has 0 saturated heterocycles. The predicted molar refractivity (Wildman–Crippen MR) is 83.1 cm³/mol. The van der Waals surface area contributed by atoms with E-state index in [0.29, 0.717) is 12.5 Å². The minimum Gasteiger partial charge on any atom is -0.338 e. The van der Waals surface area contributed by atoms with Gasteiger partial charge in [0.25, 0.3) is 0 Å². The quantitative estimate of drug-likeness (QED) is 0.853. The monoisotopic (exact) mass is 294 g/mol. The number of carbonyl (C=O) groups is 1. The Balaban J connectivity index is 1.61. The van der Waals surface area contributed by atoms with Crippen LogP contribution in [0.4, 0.5) is 4.79 Å². The third-order valence-electron chi connectivity index (χ3n) is 3.91. The summed E-state index contributed by atoms with van der Waals surface area (Å²) < 4.78 is 0. The summed E-state index contributed by atoms with van der Waals surface area (Å²) in [5.41, 5.74) is 1.07. The first kappa shape index (κ1) is 15.2. The van der Waals surface area contributed by atoms with E-state index in [4.69, 9.17) is 11.6 Å². The lowest BCUT2D eigenvalue weighted by atomic mass is 9.89. The molecule has 0 spiro atoms. The van der Waals surface area contributed by atoms with Crippen molar-refractivity contribution < 1.29 is 4.79 Å². The third-order valence-corrected chi connectivity index (χ3v) is 4.28. The number of urea groups is 1. The van der Waals surface area contributed by atoms with Crippen molar-refractivity contribution in [3.8, 4) is 0 Å². The molecule has 1 aromatic rings. The number of carbonyl (C=O) groups excluding carboxylic acids is 1. The molecule has 2 N–H and O–H groups in total. The lowest BCUT2D eigenvalue weighted by Gasteiger charge is -2.21. The van der Waals surface area contributed by atoms with Gasteiger partial charge in [-0.3, -0.25) is 0 Å². The highest BCUT2D eigenvalue weighted by Crippen LogP contribution is 2.22. The van der Waals surface area contributed by atoms with Gasteiger partial charge in [0.1, 0.15) is 0 Å². The van der Waals surface area contributed by atoms with E-state index in [1.807, 2.05) is 24.3 Å². The molecule has 0 radical (unpaired) electrons. The summed E-state index contributed by atoms with van der Waals surface area (Å²) in [7, 11) is 0. The molecule has 0 bridgehead atoms. The average molecular weight is 295 g/mol. The Morgan fingerprint density at radius 1 is 1.15 bits per heavy atom. The number of halogens is 1. The second kappa shape index (κ2) is 8.15. The second-order valence-electron chi connectivity index (χ2n) is 5.48. The highest BCUT2D eigenvalue weighted by Gasteiger charge is 2.13. The average Bonchev–Trinajstić information content (AvgIpc) is 2.48. The van der Waals surface area contributed by atoms with Crippen molar-refractivity contribution >= 4 is 17.6 Å². The molecule has 1 saturated carbocycles. The molecule has 3 nitrogen and oxygen atoms in total. The van der Waals surface area contributed by atoms with Crippen molar-refractivity contribution in [2.75, 3.05) is 13.1 Å². The Hall–Kier alpha value is -1.22. The fourth-order valence-electron chi connectivity index (χ4n) is 2.70. The van der Waals surface area contributed by atoms with Gasteiger partial charge in [-0.1, -0.05) is 49.1 Å². The standard InChI is InChI=1S/C16H23ClN2O/c17-15-9-5-4-8-14(15)10-11-18-16(20)19-12-13-6-2-1-3-7-13/h4-5,8-9,13H,1-3,6-7,10-12H2,(H2,18,19,20). The van der Waals surface area contributed by atoms with Gasteiger partial charge in [0.15, 0.2) is 0 Å². The first-order valence-corrected chi connectivity index (χ1v) is 7.88. The summed E-state index contributed by atoms with van der Waals surface area (Å²) >= 11 is 6.07. The van der Waals surface area contributed by atoms with Crippen molar-refractivity contribution in [3.05, 3.63) is 34.9 Å². The van der Waals surface area contributed by atoms with E-state index in [2.05, 4.69) is 10.6 Å². The summed E-state index contributed by atoms with van der Waals surface area (Å²) in [6, 6.07) is 7.67. The fourth-order valence-corrected chi connectivity index (χ4v) is 2.93. The summed E-state index contributed by atoms with van der Waals surface area (Å²) in [4.78, 5) is 11.7. The number of nitrogens with one attached hydrogen (secondary N) is 2. The summed E-state index contributed by atoms with van der Waals surface area (Å²) in [5.74, 6) is 0.665. The number of benzene rings is 1. The third kappa shape index (κ3) is 5.04. The van der Waals surface area contributed by atoms with Crippen LogP contribution in [-0.2, 0) is 6.42 Å². The minimum absolute atomic E-state index is 0.0670. The molecule has 4 heteroatoms. The molecule has 20 heavy (non-hydrogen) atoms. The Bertz CT molecular complexity index is 430. The molecule has 2 amide bonds. The molecule has 1 fully saturated rings. The van der Waals surface area contributed by atoms with Crippen molar-refractivity contribution in [2.45, 2.75) is 38.5 Å². The maximum atomic E-state index is 11.7. The molecule has 1 aliphatic rings. The maximum absolute atomic E-state index is 11.7. The van der Waals surface area contributed by atoms with Crippen LogP contribution in [0.25, 0.3) is 0 Å². The van der Waals surface area contributed by atoms with Crippen LogP contribution in [0.1, 0.15) is 37.7 Å². The molecule has 0 aromatic heterocycles. The zero-order chi connectivity index (χ0) is 14.2. The minimum atomic E-state index is -0.0670. The topological polar surface area (TPSA) is 41.1 Å². The maximum Gasteiger partial charge on any atom is 0.314 e. The van der Waals surface area contributed by atoms with E-state index in [1.54, 1.807) is 0 Å². The Morgan fingerprint density at radius 3 is 2.65 bits per heavy atom. The molecule has 1 aliphatic carbocycles. The largest absolute Gasteiger partial charge is 0.338 e. The SMILES string of the molecule is O=C(NCCc1ccccc1Cl)NCC1CCCCC1. The highest BCUT2D eigenvalue weighted by atomic mass is 35.5. The van der Waals surface area contributed by atoms with Crippen molar-refractivity contribution in [1.82, 2.24) is 10.6 Å². The second-order valence-corrected chi connectivity index (χ2v) is 5.89. The highest BCUT2D eigenvalue weighted by molar-refractivity contribution is 6.31. The van der Waals surface area contributed by atoms with Crippen LogP contribution < -0.4 is 10.6 Å². The van der Waals surface area contributed by atoms with Crippen LogP contribution in [-0.4, -0.2) is 19.1 Å². The Morgan fingerprint density at radius 2 is 1.90 bits per heavy atom. The van der Waals surface area contributed by atoms with Gasteiger partial charge in [-0.15, -0.1) is 0 Å². The van der Waals surface area contributed by atoms with E-state index >= 15 is 0 Å². The number of hydrogen-bond acceptors (Lipinski definition) is 1. The molecular weight excluding hydrogens is 272 g/mol. The van der Waals surface area contributed by atoms with Crippen LogP contribution in [0.2, 0.25) is 5.02 Å². The number of amides is 2. The van der Waals surface area contributed by atoms with E-state index in [-0.39, 0.29) is 6.03 Å². The van der Waals surface area contributed by atoms with Gasteiger partial charge >= 0.3 is 6.03 Å². The van der Waals surface area contributed by atoms with Crippen LogP contribution in [0.15, 0.2) is 24.3 Å². The molecule has 0 unspecified atom stereocenters. The Labute approximate surface area is 126 Å².